The molecule has 0 aliphatic carbocycles. The summed E-state index contributed by atoms with van der Waals surface area (Å²) < 4.78 is 25.6. The molecule has 0 spiro atoms. The number of hydrogen-bond donors (Lipinski definition) is 0. The number of esters is 1. The Bertz CT molecular complexity index is 1110. The van der Waals surface area contributed by atoms with Crippen molar-refractivity contribution in [3.8, 4) is 6.07 Å². The van der Waals surface area contributed by atoms with Crippen LogP contribution in [-0.2, 0) is 11.3 Å². The predicted octanol–water partition coefficient (Wildman–Crippen LogP) is 2.53. The van der Waals surface area contributed by atoms with Crippen LogP contribution in [0.3, 0.4) is 0 Å². The minimum atomic E-state index is -0.676. The van der Waals surface area contributed by atoms with E-state index in [1.807, 2.05) is 6.07 Å². The third-order valence-electron chi connectivity index (χ3n) is 3.86. The lowest BCUT2D eigenvalue weighted by atomic mass is 10.1. The van der Waals surface area contributed by atoms with Gasteiger partial charge in [-0.2, -0.15) is 5.26 Å². The van der Waals surface area contributed by atoms with Gasteiger partial charge in [0.25, 0.3) is 5.56 Å². The van der Waals surface area contributed by atoms with Gasteiger partial charge in [-0.25, -0.2) is 14.2 Å². The Morgan fingerprint density at radius 3 is 2.88 bits per heavy atom. The van der Waals surface area contributed by atoms with Gasteiger partial charge in [0.2, 0.25) is 5.71 Å². The van der Waals surface area contributed by atoms with Crippen LogP contribution in [0, 0.1) is 24.1 Å². The molecule has 0 atom stereocenters. The van der Waals surface area contributed by atoms with E-state index in [0.29, 0.717) is 0 Å². The van der Waals surface area contributed by atoms with Crippen molar-refractivity contribution in [2.75, 3.05) is 6.61 Å². The first-order chi connectivity index (χ1) is 12.5. The predicted molar refractivity (Wildman–Crippen MR) is 89.2 cm³/mol. The summed E-state index contributed by atoms with van der Waals surface area (Å²) in [6, 6.07) is 5.83. The van der Waals surface area contributed by atoms with Crippen molar-refractivity contribution in [1.82, 2.24) is 9.55 Å². The highest BCUT2D eigenvalue weighted by Crippen LogP contribution is 2.22. The summed E-state index contributed by atoms with van der Waals surface area (Å²) in [6.45, 7) is 3.24. The molecule has 0 saturated heterocycles. The molecule has 0 saturated carbocycles. The van der Waals surface area contributed by atoms with Crippen LogP contribution in [0.1, 0.15) is 34.2 Å². The quantitative estimate of drug-likeness (QED) is 0.667. The molecule has 2 heterocycles. The monoisotopic (exact) mass is 355 g/mol. The van der Waals surface area contributed by atoms with Gasteiger partial charge in [-0.05, 0) is 26.0 Å². The molecule has 2 aromatic heterocycles. The molecule has 1 aromatic carbocycles. The molecule has 0 fully saturated rings. The van der Waals surface area contributed by atoms with Gasteiger partial charge in [-0.15, -0.1) is 0 Å². The molecule has 0 amide bonds. The fraction of sp³-hybridized carbons (Fsp3) is 0.222. The zero-order valence-electron chi connectivity index (χ0n) is 14.1. The molecule has 7 nitrogen and oxygen atoms in total. The van der Waals surface area contributed by atoms with Crippen molar-refractivity contribution < 1.29 is 18.3 Å². The second kappa shape index (κ2) is 6.80. The molecule has 132 valence electrons. The summed E-state index contributed by atoms with van der Waals surface area (Å²) in [7, 11) is 0. The molecule has 0 unspecified atom stereocenters. The molecular formula is C18H14FN3O4. The van der Waals surface area contributed by atoms with Crippen molar-refractivity contribution in [3.63, 3.8) is 0 Å². The van der Waals surface area contributed by atoms with E-state index >= 15 is 0 Å². The highest BCUT2D eigenvalue weighted by Gasteiger charge is 2.24. The topological polar surface area (TPSA) is 98.1 Å². The van der Waals surface area contributed by atoms with Crippen LogP contribution in [0.25, 0.3) is 11.1 Å². The normalized spacial score (nSPS) is 10.7. The van der Waals surface area contributed by atoms with Gasteiger partial charge >= 0.3 is 5.97 Å². The van der Waals surface area contributed by atoms with Gasteiger partial charge < -0.3 is 9.15 Å². The molecule has 26 heavy (non-hydrogen) atoms. The van der Waals surface area contributed by atoms with E-state index in [1.54, 1.807) is 6.92 Å². The number of aromatic nitrogens is 2. The molecule has 0 aliphatic heterocycles. The number of hydrogen-bond acceptors (Lipinski definition) is 6. The summed E-state index contributed by atoms with van der Waals surface area (Å²) in [4.78, 5) is 29.0. The molecule has 0 bridgehead atoms. The lowest BCUT2D eigenvalue weighted by molar-refractivity contribution is 0.0526. The molecule has 8 heteroatoms. The Labute approximate surface area is 147 Å². The summed E-state index contributed by atoms with van der Waals surface area (Å²) >= 11 is 0. The number of fused-ring (bicyclic) bond motifs is 1. The molecule has 3 aromatic rings. The van der Waals surface area contributed by atoms with Crippen molar-refractivity contribution in [2.45, 2.75) is 20.4 Å². The maximum absolute atomic E-state index is 14.1. The first kappa shape index (κ1) is 17.4. The number of halogens is 1. The van der Waals surface area contributed by atoms with Crippen LogP contribution in [0.4, 0.5) is 4.39 Å². The number of rotatable bonds is 4. The highest BCUT2D eigenvalue weighted by atomic mass is 19.1. The van der Waals surface area contributed by atoms with E-state index in [1.165, 1.54) is 30.0 Å². The third-order valence-corrected chi connectivity index (χ3v) is 3.86. The van der Waals surface area contributed by atoms with Gasteiger partial charge in [0, 0.05) is 5.56 Å². The van der Waals surface area contributed by atoms with Crippen LogP contribution in [0.2, 0.25) is 0 Å². The Balaban J connectivity index is 2.10. The number of nitrogens with zero attached hydrogens (tertiary/aromatic N) is 3. The minimum absolute atomic E-state index is 0.00231. The standard InChI is InChI=1S/C18H14FN3O4/c1-3-25-18(24)14-10(2)26-16-15(14)17(23)22(9-21-16)8-12-5-4-11(7-20)6-13(12)19/h4-6,9H,3,8H2,1-2H3. The van der Waals surface area contributed by atoms with Crippen LogP contribution in [-0.4, -0.2) is 22.1 Å². The van der Waals surface area contributed by atoms with E-state index < -0.39 is 17.3 Å². The van der Waals surface area contributed by atoms with Crippen molar-refractivity contribution in [1.29, 1.82) is 5.26 Å². The molecule has 0 radical (unpaired) electrons. The van der Waals surface area contributed by atoms with Crippen LogP contribution in [0.15, 0.2) is 33.7 Å². The van der Waals surface area contributed by atoms with Crippen molar-refractivity contribution in [2.24, 2.45) is 0 Å². The van der Waals surface area contributed by atoms with E-state index in [2.05, 4.69) is 4.98 Å². The number of carbonyl (C=O) groups excluding carboxylic acids is 1. The average Bonchev–Trinajstić information content (AvgIpc) is 2.96. The maximum Gasteiger partial charge on any atom is 0.342 e. The van der Waals surface area contributed by atoms with Crippen LogP contribution in [0.5, 0.6) is 0 Å². The van der Waals surface area contributed by atoms with Gasteiger partial charge in [0.1, 0.15) is 28.9 Å². The molecule has 0 aliphatic rings. The second-order valence-electron chi connectivity index (χ2n) is 5.53. The number of carbonyl (C=O) groups is 1. The highest BCUT2D eigenvalue weighted by molar-refractivity contribution is 6.03. The van der Waals surface area contributed by atoms with Gasteiger partial charge in [0.15, 0.2) is 0 Å². The molecular weight excluding hydrogens is 341 g/mol. The number of benzene rings is 1. The Morgan fingerprint density at radius 1 is 1.46 bits per heavy atom. The number of ether oxygens (including phenoxy) is 1. The van der Waals surface area contributed by atoms with E-state index in [-0.39, 0.29) is 46.7 Å². The average molecular weight is 355 g/mol. The number of aryl methyl sites for hydroxylation is 1. The zero-order valence-corrected chi connectivity index (χ0v) is 14.1. The summed E-state index contributed by atoms with van der Waals surface area (Å²) in [5.41, 5.74) is -0.104. The lowest BCUT2D eigenvalue weighted by Gasteiger charge is -2.07. The Hall–Kier alpha value is -3.47. The maximum atomic E-state index is 14.1. The number of nitriles is 1. The first-order valence-electron chi connectivity index (χ1n) is 7.80. The van der Waals surface area contributed by atoms with Crippen molar-refractivity contribution >= 4 is 17.1 Å². The molecule has 0 N–H and O–H groups in total. The largest absolute Gasteiger partial charge is 0.462 e. The third kappa shape index (κ3) is 2.95. The first-order valence-corrected chi connectivity index (χ1v) is 7.80. The lowest BCUT2D eigenvalue weighted by Crippen LogP contribution is -2.23. The van der Waals surface area contributed by atoms with Crippen LogP contribution < -0.4 is 5.56 Å². The summed E-state index contributed by atoms with van der Waals surface area (Å²) in [6.07, 6.45) is 1.22. The minimum Gasteiger partial charge on any atom is -0.462 e. The fourth-order valence-corrected chi connectivity index (χ4v) is 2.63. The second-order valence-corrected chi connectivity index (χ2v) is 5.53. The fourth-order valence-electron chi connectivity index (χ4n) is 2.63. The molecule has 3 rings (SSSR count). The van der Waals surface area contributed by atoms with Crippen LogP contribution >= 0.6 is 0 Å². The van der Waals surface area contributed by atoms with E-state index in [4.69, 9.17) is 14.4 Å². The smallest absolute Gasteiger partial charge is 0.342 e. The van der Waals surface area contributed by atoms with Gasteiger partial charge in [-0.3, -0.25) is 9.36 Å². The van der Waals surface area contributed by atoms with E-state index in [0.717, 1.165) is 6.07 Å². The van der Waals surface area contributed by atoms with Gasteiger partial charge in [0.05, 0.1) is 24.8 Å². The SMILES string of the molecule is CCOC(=O)c1c(C)oc2ncn(Cc3ccc(C#N)cc3F)c(=O)c12. The van der Waals surface area contributed by atoms with E-state index in [9.17, 15) is 14.0 Å². The number of furan rings is 1. The summed E-state index contributed by atoms with van der Waals surface area (Å²) in [5.74, 6) is -1.06. The Morgan fingerprint density at radius 2 is 2.23 bits per heavy atom. The van der Waals surface area contributed by atoms with Crippen molar-refractivity contribution in [3.05, 3.63) is 63.1 Å². The zero-order chi connectivity index (χ0) is 18.8. The van der Waals surface area contributed by atoms with Gasteiger partial charge in [-0.1, -0.05) is 6.07 Å². The Kier molecular flexibility index (Phi) is 4.54. The summed E-state index contributed by atoms with van der Waals surface area (Å²) in [5, 5.41) is 8.80.